The molecule has 1 nitrogen and oxygen atoms in total. The fourth-order valence-electron chi connectivity index (χ4n) is 0. The first kappa shape index (κ1) is 3.82. The Balaban J connectivity index is 2.80. The molecule has 0 aliphatic rings. The molecule has 0 amide bonds. The van der Waals surface area contributed by atoms with Crippen LogP contribution in [-0.2, 0) is 0 Å². The van der Waals surface area contributed by atoms with Crippen molar-refractivity contribution in [2.75, 3.05) is 0 Å². The third-order valence-corrected chi connectivity index (χ3v) is 0. The second-order valence-electron chi connectivity index (χ2n) is 0.274. The van der Waals surface area contributed by atoms with Crippen LogP contribution in [-0.4, -0.2) is 15.9 Å². The van der Waals surface area contributed by atoms with Crippen molar-refractivity contribution in [1.29, 1.82) is 0 Å². The van der Waals surface area contributed by atoms with E-state index in [4.69, 9.17) is 4.79 Å². The minimum Gasteiger partial charge on any atom is -0.269 e. The predicted molar refractivity (Wildman–Crippen MR) is 12.3 cm³/mol. The van der Waals surface area contributed by atoms with Crippen molar-refractivity contribution in [1.82, 2.24) is 0 Å². The minimum absolute atomic E-state index is 1.53. The van der Waals surface area contributed by atoms with Crippen LogP contribution in [0.3, 0.4) is 0 Å². The van der Waals surface area contributed by atoms with Crippen molar-refractivity contribution >= 4 is 15.9 Å². The SMILES string of the molecule is O=C(F)[Si]. The molecule has 0 spiro atoms. The molecule has 0 saturated heterocycles. The van der Waals surface area contributed by atoms with E-state index in [1.807, 2.05) is 10.2 Å². The maximum atomic E-state index is 10.3. The van der Waals surface area contributed by atoms with Crippen molar-refractivity contribution < 1.29 is 9.18 Å². The lowest BCUT2D eigenvalue weighted by molar-refractivity contribution is 0.244. The summed E-state index contributed by atoms with van der Waals surface area (Å²) in [7, 11) is 2.01. The van der Waals surface area contributed by atoms with Crippen LogP contribution < -0.4 is 0 Å². The number of rotatable bonds is 0. The van der Waals surface area contributed by atoms with Crippen LogP contribution in [0.2, 0.25) is 0 Å². The zero-order valence-electron chi connectivity index (χ0n) is 1.79. The van der Waals surface area contributed by atoms with Gasteiger partial charge >= 0.3 is 0 Å². The molecule has 0 aliphatic carbocycles. The van der Waals surface area contributed by atoms with Crippen molar-refractivity contribution in [3.8, 4) is 0 Å². The summed E-state index contributed by atoms with van der Waals surface area (Å²) in [6.07, 6.45) is 0. The molecule has 3 radical (unpaired) electrons. The molecule has 0 saturated carbocycles. The van der Waals surface area contributed by atoms with Gasteiger partial charge in [-0.2, -0.15) is 4.39 Å². The van der Waals surface area contributed by atoms with E-state index in [9.17, 15) is 4.39 Å². The molecule has 0 aliphatic heterocycles. The Morgan fingerprint density at radius 3 is 2.00 bits per heavy atom. The Morgan fingerprint density at radius 1 is 2.00 bits per heavy atom. The first-order valence-electron chi connectivity index (χ1n) is 0.643. The maximum Gasteiger partial charge on any atom is 0.264 e. The number of carbonyl (C=O) groups is 1. The van der Waals surface area contributed by atoms with Crippen molar-refractivity contribution in [2.45, 2.75) is 0 Å². The Kier molecular flexibility index (Phi) is 1.12. The maximum absolute atomic E-state index is 10.3. The van der Waals surface area contributed by atoms with Gasteiger partial charge in [0.05, 0.1) is 0 Å². The molecule has 0 heterocycles. The highest BCUT2D eigenvalue weighted by Crippen LogP contribution is 1.57. The van der Waals surface area contributed by atoms with E-state index < -0.39 is 5.66 Å². The number of halogens is 1. The topological polar surface area (TPSA) is 17.1 Å². The van der Waals surface area contributed by atoms with E-state index in [1.54, 1.807) is 0 Å². The second kappa shape index (κ2) is 1.17. The van der Waals surface area contributed by atoms with Gasteiger partial charge in [0, 0.05) is 0 Å². The smallest absolute Gasteiger partial charge is 0.264 e. The van der Waals surface area contributed by atoms with Crippen LogP contribution >= 0.6 is 0 Å². The Morgan fingerprint density at radius 2 is 2.00 bits per heavy atom. The summed E-state index contributed by atoms with van der Waals surface area (Å²) in [6, 6.07) is 0. The summed E-state index contributed by atoms with van der Waals surface area (Å²) in [5.74, 6) is 0. The highest BCUT2D eigenvalue weighted by atomic mass is 28.1. The number of hydrogen-bond donors (Lipinski definition) is 0. The van der Waals surface area contributed by atoms with Gasteiger partial charge in [0.2, 0.25) is 0 Å². The summed E-state index contributed by atoms with van der Waals surface area (Å²) in [5.41, 5.74) is -1.53. The van der Waals surface area contributed by atoms with Gasteiger partial charge in [-0.25, -0.2) is 0 Å². The fourth-order valence-corrected chi connectivity index (χ4v) is 0. The predicted octanol–water partition coefficient (Wildman–Crippen LogP) is 0.244. The first-order valence-corrected chi connectivity index (χ1v) is 1.14. The first-order chi connectivity index (χ1) is 1.73. The van der Waals surface area contributed by atoms with E-state index in [0.717, 1.165) is 0 Å². The molecule has 21 valence electrons. The van der Waals surface area contributed by atoms with Gasteiger partial charge in [-0.1, -0.05) is 0 Å². The Bertz CT molecular complexity index is 31.0. The standard InChI is InChI=1S/CFOSi/c2-1(3)4. The summed E-state index contributed by atoms with van der Waals surface area (Å²) < 4.78 is 10.3. The highest BCUT2D eigenvalue weighted by Gasteiger charge is 1.71. The summed E-state index contributed by atoms with van der Waals surface area (Å²) in [5, 5.41) is 0. The molecule has 0 aromatic carbocycles. The van der Waals surface area contributed by atoms with E-state index in [-0.39, 0.29) is 0 Å². The number of carbonyl (C=O) groups excluding carboxylic acids is 1. The number of hydrogen-bond acceptors (Lipinski definition) is 1. The van der Waals surface area contributed by atoms with Gasteiger partial charge in [-0.3, -0.25) is 4.79 Å². The lowest BCUT2D eigenvalue weighted by Gasteiger charge is -1.50. The normalized spacial score (nSPS) is 6.50. The minimum atomic E-state index is -1.53. The third kappa shape index (κ3) is 36.2. The lowest BCUT2D eigenvalue weighted by atomic mass is 11.7. The van der Waals surface area contributed by atoms with Crippen LogP contribution in [0.4, 0.5) is 9.18 Å². The summed E-state index contributed by atoms with van der Waals surface area (Å²) in [4.78, 5) is 8.69. The molecule has 0 unspecified atom stereocenters. The van der Waals surface area contributed by atoms with Gasteiger partial charge in [0.1, 0.15) is 0 Å². The van der Waals surface area contributed by atoms with Gasteiger partial charge in [-0.05, 0) is 0 Å². The molecule has 0 bridgehead atoms. The van der Waals surface area contributed by atoms with Crippen molar-refractivity contribution in [3.63, 3.8) is 0 Å². The molecular formula is CFOSi. The summed E-state index contributed by atoms with van der Waals surface area (Å²) in [6.45, 7) is 0. The van der Waals surface area contributed by atoms with Crippen LogP contribution in [0.1, 0.15) is 0 Å². The van der Waals surface area contributed by atoms with E-state index in [1.165, 1.54) is 0 Å². The molecule has 0 aromatic heterocycles. The zero-order chi connectivity index (χ0) is 3.58. The zero-order valence-corrected chi connectivity index (χ0v) is 2.79. The molecule has 3 heteroatoms. The molecular weight excluding hydrogens is 75.1 g/mol. The van der Waals surface area contributed by atoms with E-state index >= 15 is 0 Å². The molecule has 0 rings (SSSR count). The molecule has 0 atom stereocenters. The largest absolute Gasteiger partial charge is 0.269 e. The van der Waals surface area contributed by atoms with Gasteiger partial charge in [0.25, 0.3) is 5.66 Å². The van der Waals surface area contributed by atoms with E-state index in [0.29, 0.717) is 0 Å². The fraction of sp³-hybridized carbons (Fsp3) is 0. The van der Waals surface area contributed by atoms with Crippen molar-refractivity contribution in [2.24, 2.45) is 0 Å². The van der Waals surface area contributed by atoms with Gasteiger partial charge in [0.15, 0.2) is 10.2 Å². The molecule has 0 fully saturated rings. The highest BCUT2D eigenvalue weighted by molar-refractivity contribution is 6.54. The van der Waals surface area contributed by atoms with Crippen molar-refractivity contribution in [3.05, 3.63) is 0 Å². The van der Waals surface area contributed by atoms with Crippen LogP contribution in [0.5, 0.6) is 0 Å². The average Bonchev–Trinajstić information content (AvgIpc) is 0.811. The molecule has 0 N–H and O–H groups in total. The lowest BCUT2D eigenvalue weighted by Crippen LogP contribution is -1.72. The molecule has 0 aromatic rings. The molecule has 4 heavy (non-hydrogen) atoms. The van der Waals surface area contributed by atoms with Crippen LogP contribution in [0, 0.1) is 0 Å². The average molecular weight is 75.1 g/mol. The van der Waals surface area contributed by atoms with Crippen LogP contribution in [0.15, 0.2) is 0 Å². The van der Waals surface area contributed by atoms with Gasteiger partial charge < -0.3 is 0 Å². The quantitative estimate of drug-likeness (QED) is 0.298. The second-order valence-corrected chi connectivity index (χ2v) is 0.667. The summed E-state index contributed by atoms with van der Waals surface area (Å²) >= 11 is 0. The monoisotopic (exact) mass is 75.0 g/mol. The third-order valence-electron chi connectivity index (χ3n) is 0. The Hall–Kier alpha value is -0.183. The van der Waals surface area contributed by atoms with Gasteiger partial charge in [-0.15, -0.1) is 0 Å². The van der Waals surface area contributed by atoms with E-state index in [2.05, 4.69) is 0 Å². The Labute approximate surface area is 26.2 Å². The van der Waals surface area contributed by atoms with Crippen LogP contribution in [0.25, 0.3) is 0 Å².